The maximum atomic E-state index is 12.3. The van der Waals surface area contributed by atoms with Gasteiger partial charge in [0.25, 0.3) is 0 Å². The fraction of sp³-hybridized carbons (Fsp3) is 0.350. The van der Waals surface area contributed by atoms with E-state index in [1.165, 1.54) is 5.56 Å². The number of ether oxygens (including phenoxy) is 1. The summed E-state index contributed by atoms with van der Waals surface area (Å²) >= 11 is 0. The minimum absolute atomic E-state index is 0.0218. The summed E-state index contributed by atoms with van der Waals surface area (Å²) in [5.41, 5.74) is 2.30. The third kappa shape index (κ3) is 5.39. The van der Waals surface area contributed by atoms with E-state index in [0.717, 1.165) is 24.3 Å². The van der Waals surface area contributed by atoms with Gasteiger partial charge in [0.05, 0.1) is 19.7 Å². The first-order valence-corrected chi connectivity index (χ1v) is 8.28. The molecule has 0 fully saturated rings. The number of likely N-dealkylation sites (N-methyl/N-ethyl adjacent to an activating group) is 1. The number of hydrogen-bond acceptors (Lipinski definition) is 3. The fourth-order valence-corrected chi connectivity index (χ4v) is 2.69. The van der Waals surface area contributed by atoms with Gasteiger partial charge in [-0.05, 0) is 36.7 Å². The Bertz CT molecular complexity index is 626. The Labute approximate surface area is 144 Å². The molecule has 0 aliphatic heterocycles. The van der Waals surface area contributed by atoms with E-state index >= 15 is 0 Å². The topological polar surface area (TPSA) is 41.6 Å². The largest absolute Gasteiger partial charge is 0.497 e. The zero-order chi connectivity index (χ0) is 17.4. The van der Waals surface area contributed by atoms with Gasteiger partial charge in [-0.3, -0.25) is 9.69 Å². The summed E-state index contributed by atoms with van der Waals surface area (Å²) in [5.74, 6) is 0.860. The molecule has 0 aromatic heterocycles. The highest BCUT2D eigenvalue weighted by atomic mass is 16.5. The van der Waals surface area contributed by atoms with E-state index in [4.69, 9.17) is 4.74 Å². The SMILES string of the molecule is CCC(NC(=O)CN(C)Cc1ccccc1)c1ccc(OC)cc1. The average molecular weight is 326 g/mol. The standard InChI is InChI=1S/C20H26N2O2/c1-4-19(17-10-12-18(24-3)13-11-17)21-20(23)15-22(2)14-16-8-6-5-7-9-16/h5-13,19H,4,14-15H2,1-3H3,(H,21,23). The van der Waals surface area contributed by atoms with Crippen LogP contribution in [0.1, 0.15) is 30.5 Å². The number of nitrogens with one attached hydrogen (secondary N) is 1. The lowest BCUT2D eigenvalue weighted by molar-refractivity contribution is -0.122. The first-order chi connectivity index (χ1) is 11.6. The highest BCUT2D eigenvalue weighted by Crippen LogP contribution is 2.20. The normalized spacial score (nSPS) is 12.0. The number of carbonyl (C=O) groups is 1. The van der Waals surface area contributed by atoms with Crippen molar-refractivity contribution in [3.63, 3.8) is 0 Å². The second-order valence-electron chi connectivity index (χ2n) is 5.96. The Hall–Kier alpha value is -2.33. The average Bonchev–Trinajstić information content (AvgIpc) is 2.60. The van der Waals surface area contributed by atoms with Crippen molar-refractivity contribution in [3.05, 3.63) is 65.7 Å². The van der Waals surface area contributed by atoms with Crippen LogP contribution in [0.25, 0.3) is 0 Å². The van der Waals surface area contributed by atoms with Crippen molar-refractivity contribution in [2.24, 2.45) is 0 Å². The van der Waals surface area contributed by atoms with Crippen molar-refractivity contribution in [2.75, 3.05) is 20.7 Å². The molecule has 0 aliphatic carbocycles. The second-order valence-corrected chi connectivity index (χ2v) is 5.96. The molecule has 0 heterocycles. The van der Waals surface area contributed by atoms with E-state index < -0.39 is 0 Å². The molecule has 1 unspecified atom stereocenters. The molecule has 0 bridgehead atoms. The summed E-state index contributed by atoms with van der Waals surface area (Å²) in [6.07, 6.45) is 0.848. The van der Waals surface area contributed by atoms with Crippen LogP contribution in [0.5, 0.6) is 5.75 Å². The molecule has 2 aromatic rings. The van der Waals surface area contributed by atoms with Gasteiger partial charge in [-0.2, -0.15) is 0 Å². The first-order valence-electron chi connectivity index (χ1n) is 8.28. The van der Waals surface area contributed by atoms with Gasteiger partial charge in [0.15, 0.2) is 0 Å². The number of rotatable bonds is 8. The molecule has 1 N–H and O–H groups in total. The monoisotopic (exact) mass is 326 g/mol. The van der Waals surface area contributed by atoms with Crippen molar-refractivity contribution in [1.82, 2.24) is 10.2 Å². The zero-order valence-electron chi connectivity index (χ0n) is 14.7. The maximum absolute atomic E-state index is 12.3. The molecule has 1 amide bonds. The summed E-state index contributed by atoms with van der Waals surface area (Å²) in [6.45, 7) is 3.21. The first kappa shape index (κ1) is 18.0. The van der Waals surface area contributed by atoms with Crippen LogP contribution in [0.2, 0.25) is 0 Å². The number of hydrogen-bond donors (Lipinski definition) is 1. The molecule has 4 heteroatoms. The number of benzene rings is 2. The predicted molar refractivity (Wildman–Crippen MR) is 96.9 cm³/mol. The fourth-order valence-electron chi connectivity index (χ4n) is 2.69. The van der Waals surface area contributed by atoms with Crippen molar-refractivity contribution in [2.45, 2.75) is 25.9 Å². The van der Waals surface area contributed by atoms with Gasteiger partial charge in [-0.25, -0.2) is 0 Å². The molecule has 2 aromatic carbocycles. The molecule has 4 nitrogen and oxygen atoms in total. The van der Waals surface area contributed by atoms with Gasteiger partial charge in [0, 0.05) is 6.54 Å². The van der Waals surface area contributed by atoms with Crippen LogP contribution < -0.4 is 10.1 Å². The highest BCUT2D eigenvalue weighted by molar-refractivity contribution is 5.78. The molecule has 128 valence electrons. The smallest absolute Gasteiger partial charge is 0.234 e. The van der Waals surface area contributed by atoms with Crippen molar-refractivity contribution >= 4 is 5.91 Å². The molecule has 0 spiro atoms. The molecular weight excluding hydrogens is 300 g/mol. The Morgan fingerprint density at radius 2 is 1.79 bits per heavy atom. The Morgan fingerprint density at radius 1 is 1.12 bits per heavy atom. The molecule has 0 saturated carbocycles. The summed E-state index contributed by atoms with van der Waals surface area (Å²) < 4.78 is 5.18. The molecule has 2 rings (SSSR count). The molecule has 0 aliphatic rings. The second kappa shape index (κ2) is 9.08. The predicted octanol–water partition coefficient (Wildman–Crippen LogP) is 3.39. The van der Waals surface area contributed by atoms with E-state index in [9.17, 15) is 4.79 Å². The van der Waals surface area contributed by atoms with Crippen LogP contribution >= 0.6 is 0 Å². The minimum atomic E-state index is 0.0218. The molecule has 0 saturated heterocycles. The number of carbonyl (C=O) groups excluding carboxylic acids is 1. The van der Waals surface area contributed by atoms with E-state index in [0.29, 0.717) is 6.54 Å². The zero-order valence-corrected chi connectivity index (χ0v) is 14.7. The summed E-state index contributed by atoms with van der Waals surface area (Å²) in [6, 6.07) is 18.0. The Balaban J connectivity index is 1.88. The van der Waals surface area contributed by atoms with Gasteiger partial charge in [-0.1, -0.05) is 49.4 Å². The molecule has 1 atom stereocenters. The van der Waals surface area contributed by atoms with E-state index in [1.54, 1.807) is 7.11 Å². The summed E-state index contributed by atoms with van der Waals surface area (Å²) in [7, 11) is 3.61. The quantitative estimate of drug-likeness (QED) is 0.808. The van der Waals surface area contributed by atoms with Gasteiger partial charge in [0.1, 0.15) is 5.75 Å². The lowest BCUT2D eigenvalue weighted by atomic mass is 10.0. The maximum Gasteiger partial charge on any atom is 0.234 e. The Kier molecular flexibility index (Phi) is 6.82. The molecular formula is C20H26N2O2. The third-order valence-electron chi connectivity index (χ3n) is 3.97. The van der Waals surface area contributed by atoms with Crippen LogP contribution in [0.4, 0.5) is 0 Å². The minimum Gasteiger partial charge on any atom is -0.497 e. The number of amides is 1. The summed E-state index contributed by atoms with van der Waals surface area (Å²) in [5, 5.41) is 3.12. The van der Waals surface area contributed by atoms with Crippen molar-refractivity contribution < 1.29 is 9.53 Å². The van der Waals surface area contributed by atoms with Crippen LogP contribution in [-0.2, 0) is 11.3 Å². The lowest BCUT2D eigenvalue weighted by Crippen LogP contribution is -2.36. The van der Waals surface area contributed by atoms with Crippen molar-refractivity contribution in [1.29, 1.82) is 0 Å². The van der Waals surface area contributed by atoms with Crippen LogP contribution in [0.3, 0.4) is 0 Å². The van der Waals surface area contributed by atoms with Gasteiger partial charge in [-0.15, -0.1) is 0 Å². The van der Waals surface area contributed by atoms with Crippen LogP contribution in [-0.4, -0.2) is 31.5 Å². The third-order valence-corrected chi connectivity index (χ3v) is 3.97. The molecule has 24 heavy (non-hydrogen) atoms. The highest BCUT2D eigenvalue weighted by Gasteiger charge is 2.14. The summed E-state index contributed by atoms with van der Waals surface area (Å²) in [4.78, 5) is 14.4. The van der Waals surface area contributed by atoms with E-state index in [1.807, 2.05) is 54.4 Å². The van der Waals surface area contributed by atoms with Gasteiger partial charge < -0.3 is 10.1 Å². The molecule has 0 radical (unpaired) electrons. The number of nitrogens with zero attached hydrogens (tertiary/aromatic N) is 1. The van der Waals surface area contributed by atoms with Crippen molar-refractivity contribution in [3.8, 4) is 5.75 Å². The van der Waals surface area contributed by atoms with Crippen LogP contribution in [0, 0.1) is 0 Å². The van der Waals surface area contributed by atoms with E-state index in [2.05, 4.69) is 24.4 Å². The van der Waals surface area contributed by atoms with Gasteiger partial charge in [0.2, 0.25) is 5.91 Å². The number of methoxy groups -OCH3 is 1. The van der Waals surface area contributed by atoms with Crippen LogP contribution in [0.15, 0.2) is 54.6 Å². The van der Waals surface area contributed by atoms with Gasteiger partial charge >= 0.3 is 0 Å². The lowest BCUT2D eigenvalue weighted by Gasteiger charge is -2.21. The van der Waals surface area contributed by atoms with E-state index in [-0.39, 0.29) is 11.9 Å². The Morgan fingerprint density at radius 3 is 2.38 bits per heavy atom.